The molecule has 0 fully saturated rings. The van der Waals surface area contributed by atoms with Crippen LogP contribution in [0.15, 0.2) is 53.1 Å². The Bertz CT molecular complexity index is 1040. The number of benzene rings is 2. The zero-order chi connectivity index (χ0) is 16.0. The molecule has 0 bridgehead atoms. The molecule has 5 heteroatoms. The van der Waals surface area contributed by atoms with Gasteiger partial charge in [0, 0.05) is 43.0 Å². The van der Waals surface area contributed by atoms with Crippen molar-refractivity contribution in [1.29, 1.82) is 0 Å². The van der Waals surface area contributed by atoms with E-state index < -0.39 is 0 Å². The highest BCUT2D eigenvalue weighted by atomic mass is 16.3. The lowest BCUT2D eigenvalue weighted by Crippen LogP contribution is -2.11. The zero-order valence-electron chi connectivity index (χ0n) is 12.8. The van der Waals surface area contributed by atoms with Gasteiger partial charge in [-0.3, -0.25) is 4.79 Å². The number of oxazole rings is 1. The number of carbonyl (C=O) groups excluding carboxylic acids is 1. The molecule has 4 rings (SSSR count). The minimum Gasteiger partial charge on any atom is -0.441 e. The van der Waals surface area contributed by atoms with Crippen molar-refractivity contribution in [3.8, 4) is 0 Å². The summed E-state index contributed by atoms with van der Waals surface area (Å²) in [6.07, 6.45) is 1.98. The van der Waals surface area contributed by atoms with Gasteiger partial charge in [0.25, 0.3) is 5.91 Å². The molecule has 114 valence electrons. The van der Waals surface area contributed by atoms with Crippen LogP contribution in [-0.4, -0.2) is 15.5 Å². The maximum atomic E-state index is 12.5. The normalized spacial score (nSPS) is 11.2. The standard InChI is InChI=1S/C18H15N3O2/c1-11-19-15-6-5-14(10-17(15)23-11)20-18(22)13-4-3-12-7-8-21(2)16(12)9-13/h3-10H,1-2H3,(H,20,22). The Morgan fingerprint density at radius 3 is 2.91 bits per heavy atom. The van der Waals surface area contributed by atoms with Gasteiger partial charge in [-0.05, 0) is 35.7 Å². The third-order valence-electron chi connectivity index (χ3n) is 3.90. The Morgan fingerprint density at radius 2 is 2.04 bits per heavy atom. The van der Waals surface area contributed by atoms with Crippen molar-refractivity contribution >= 4 is 33.6 Å². The zero-order valence-corrected chi connectivity index (χ0v) is 12.8. The molecule has 0 atom stereocenters. The highest BCUT2D eigenvalue weighted by Crippen LogP contribution is 2.21. The van der Waals surface area contributed by atoms with Crippen molar-refractivity contribution in [2.75, 3.05) is 5.32 Å². The van der Waals surface area contributed by atoms with E-state index in [0.717, 1.165) is 16.4 Å². The molecule has 4 aromatic rings. The van der Waals surface area contributed by atoms with E-state index in [1.165, 1.54) is 0 Å². The molecule has 0 aliphatic rings. The molecule has 1 N–H and O–H groups in total. The minimum atomic E-state index is -0.149. The Morgan fingerprint density at radius 1 is 1.17 bits per heavy atom. The minimum absolute atomic E-state index is 0.149. The van der Waals surface area contributed by atoms with Gasteiger partial charge < -0.3 is 14.3 Å². The molecular weight excluding hydrogens is 290 g/mol. The molecule has 1 amide bonds. The van der Waals surface area contributed by atoms with Crippen LogP contribution >= 0.6 is 0 Å². The fourth-order valence-electron chi connectivity index (χ4n) is 2.72. The predicted octanol–water partition coefficient (Wildman–Crippen LogP) is 3.88. The number of nitrogens with zero attached hydrogens (tertiary/aromatic N) is 2. The lowest BCUT2D eigenvalue weighted by atomic mass is 10.1. The first-order valence-corrected chi connectivity index (χ1v) is 7.34. The number of carbonyl (C=O) groups is 1. The third-order valence-corrected chi connectivity index (χ3v) is 3.90. The molecule has 2 aromatic heterocycles. The van der Waals surface area contributed by atoms with Gasteiger partial charge in [0.05, 0.1) is 0 Å². The molecule has 0 spiro atoms. The average Bonchev–Trinajstić information content (AvgIpc) is 3.09. The number of aryl methyl sites for hydroxylation is 2. The van der Waals surface area contributed by atoms with Gasteiger partial charge in [0.1, 0.15) is 5.52 Å². The fourth-order valence-corrected chi connectivity index (χ4v) is 2.72. The number of rotatable bonds is 2. The maximum absolute atomic E-state index is 12.5. The van der Waals surface area contributed by atoms with E-state index in [-0.39, 0.29) is 5.91 Å². The number of anilines is 1. The number of nitrogens with one attached hydrogen (secondary N) is 1. The van der Waals surface area contributed by atoms with Gasteiger partial charge in [-0.15, -0.1) is 0 Å². The lowest BCUT2D eigenvalue weighted by Gasteiger charge is -2.06. The van der Waals surface area contributed by atoms with E-state index in [0.29, 0.717) is 22.7 Å². The third kappa shape index (κ3) is 2.36. The lowest BCUT2D eigenvalue weighted by molar-refractivity contribution is 0.102. The van der Waals surface area contributed by atoms with Gasteiger partial charge in [0.2, 0.25) is 0 Å². The molecule has 2 aromatic carbocycles. The van der Waals surface area contributed by atoms with Crippen LogP contribution in [-0.2, 0) is 7.05 Å². The second-order valence-electron chi connectivity index (χ2n) is 5.57. The van der Waals surface area contributed by atoms with Gasteiger partial charge in [-0.1, -0.05) is 6.07 Å². The topological polar surface area (TPSA) is 60.1 Å². The molecule has 0 radical (unpaired) electrons. The van der Waals surface area contributed by atoms with Crippen LogP contribution in [0.4, 0.5) is 5.69 Å². The summed E-state index contributed by atoms with van der Waals surface area (Å²) in [6.45, 7) is 1.80. The summed E-state index contributed by atoms with van der Waals surface area (Å²) >= 11 is 0. The second-order valence-corrected chi connectivity index (χ2v) is 5.57. The van der Waals surface area contributed by atoms with Crippen molar-refractivity contribution < 1.29 is 9.21 Å². The molecule has 2 heterocycles. The number of amides is 1. The highest BCUT2D eigenvalue weighted by molar-refractivity contribution is 6.06. The van der Waals surface area contributed by atoms with Crippen molar-refractivity contribution in [3.63, 3.8) is 0 Å². The maximum Gasteiger partial charge on any atom is 0.255 e. The SMILES string of the molecule is Cc1nc2ccc(NC(=O)c3ccc4ccn(C)c4c3)cc2o1. The predicted molar refractivity (Wildman–Crippen MR) is 89.6 cm³/mol. The fraction of sp³-hybridized carbons (Fsp3) is 0.111. The van der Waals surface area contributed by atoms with E-state index in [1.54, 1.807) is 13.0 Å². The summed E-state index contributed by atoms with van der Waals surface area (Å²) in [4.78, 5) is 16.7. The summed E-state index contributed by atoms with van der Waals surface area (Å²) in [6, 6.07) is 13.1. The molecule has 0 saturated carbocycles. The van der Waals surface area contributed by atoms with Crippen LogP contribution in [0.1, 0.15) is 16.2 Å². The van der Waals surface area contributed by atoms with Crippen LogP contribution in [0.3, 0.4) is 0 Å². The van der Waals surface area contributed by atoms with Gasteiger partial charge >= 0.3 is 0 Å². The molecule has 0 aliphatic carbocycles. The average molecular weight is 305 g/mol. The number of hydrogen-bond donors (Lipinski definition) is 1. The van der Waals surface area contributed by atoms with Crippen molar-refractivity contribution in [2.24, 2.45) is 7.05 Å². The summed E-state index contributed by atoms with van der Waals surface area (Å²) in [7, 11) is 1.96. The highest BCUT2D eigenvalue weighted by Gasteiger charge is 2.10. The van der Waals surface area contributed by atoms with Crippen LogP contribution in [0.2, 0.25) is 0 Å². The van der Waals surface area contributed by atoms with E-state index in [4.69, 9.17) is 4.42 Å². The van der Waals surface area contributed by atoms with Crippen molar-refractivity contribution in [2.45, 2.75) is 6.92 Å². The summed E-state index contributed by atoms with van der Waals surface area (Å²) in [5.41, 5.74) is 3.78. The number of aromatic nitrogens is 2. The van der Waals surface area contributed by atoms with Gasteiger partial charge in [-0.25, -0.2) is 4.98 Å². The van der Waals surface area contributed by atoms with Crippen LogP contribution in [0, 0.1) is 6.92 Å². The Balaban J connectivity index is 1.65. The van der Waals surface area contributed by atoms with Crippen molar-refractivity contribution in [3.05, 3.63) is 60.1 Å². The first-order valence-electron chi connectivity index (χ1n) is 7.34. The number of fused-ring (bicyclic) bond motifs is 2. The van der Waals surface area contributed by atoms with E-state index in [9.17, 15) is 4.79 Å². The summed E-state index contributed by atoms with van der Waals surface area (Å²) in [5.74, 6) is 0.460. The Kier molecular flexibility index (Phi) is 2.94. The monoisotopic (exact) mass is 305 g/mol. The first-order chi connectivity index (χ1) is 11.1. The first kappa shape index (κ1) is 13.6. The van der Waals surface area contributed by atoms with E-state index >= 15 is 0 Å². The van der Waals surface area contributed by atoms with Crippen molar-refractivity contribution in [1.82, 2.24) is 9.55 Å². The van der Waals surface area contributed by atoms with Crippen LogP contribution in [0.5, 0.6) is 0 Å². The van der Waals surface area contributed by atoms with Gasteiger partial charge in [0.15, 0.2) is 11.5 Å². The molecule has 0 saturated heterocycles. The number of hydrogen-bond acceptors (Lipinski definition) is 3. The molecule has 5 nitrogen and oxygen atoms in total. The Labute approximate surface area is 132 Å². The molecule has 0 unspecified atom stereocenters. The smallest absolute Gasteiger partial charge is 0.255 e. The van der Waals surface area contributed by atoms with Gasteiger partial charge in [-0.2, -0.15) is 0 Å². The molecule has 23 heavy (non-hydrogen) atoms. The van der Waals surface area contributed by atoms with E-state index in [1.807, 2.05) is 54.2 Å². The summed E-state index contributed by atoms with van der Waals surface area (Å²) in [5, 5.41) is 4.01. The quantitative estimate of drug-likeness (QED) is 0.611. The summed E-state index contributed by atoms with van der Waals surface area (Å²) < 4.78 is 7.49. The Hall–Kier alpha value is -3.08. The molecular formula is C18H15N3O2. The van der Waals surface area contributed by atoms with Crippen LogP contribution in [0.25, 0.3) is 22.0 Å². The second kappa shape index (κ2) is 4.98. The van der Waals surface area contributed by atoms with Crippen LogP contribution < -0.4 is 5.32 Å². The largest absolute Gasteiger partial charge is 0.441 e. The van der Waals surface area contributed by atoms with E-state index in [2.05, 4.69) is 10.3 Å². The molecule has 0 aliphatic heterocycles.